The van der Waals surface area contributed by atoms with Gasteiger partial charge in [-0.3, -0.25) is 0 Å². The van der Waals surface area contributed by atoms with Crippen molar-refractivity contribution < 1.29 is 13.2 Å². The maximum Gasteiger partial charge on any atom is 0.241 e. The Bertz CT molecular complexity index is 950. The first-order chi connectivity index (χ1) is 11.5. The number of benzene rings is 3. The van der Waals surface area contributed by atoms with Crippen molar-refractivity contribution in [3.05, 3.63) is 72.3 Å². The predicted octanol–water partition coefficient (Wildman–Crippen LogP) is 3.89. The van der Waals surface area contributed by atoms with E-state index in [1.807, 2.05) is 61.5 Å². The number of methoxy groups -OCH3 is 1. The Kier molecular flexibility index (Phi) is 4.55. The lowest BCUT2D eigenvalue weighted by molar-refractivity contribution is 0.414. The highest BCUT2D eigenvalue weighted by Crippen LogP contribution is 2.22. The Morgan fingerprint density at radius 2 is 1.58 bits per heavy atom. The second kappa shape index (κ2) is 6.63. The molecule has 0 aliphatic carbocycles. The molecule has 3 rings (SSSR count). The topological polar surface area (TPSA) is 55.4 Å². The van der Waals surface area contributed by atoms with Crippen LogP contribution in [-0.4, -0.2) is 15.5 Å². The molecule has 0 heterocycles. The molecule has 3 aromatic carbocycles. The summed E-state index contributed by atoms with van der Waals surface area (Å²) in [7, 11) is -2.00. The van der Waals surface area contributed by atoms with Crippen molar-refractivity contribution in [2.75, 3.05) is 7.11 Å². The van der Waals surface area contributed by atoms with Crippen LogP contribution in [0.3, 0.4) is 0 Å². The maximum absolute atomic E-state index is 12.6. The molecule has 0 saturated heterocycles. The zero-order valence-electron chi connectivity index (χ0n) is 13.6. The Balaban J connectivity index is 1.85. The van der Waals surface area contributed by atoms with Crippen LogP contribution in [0.25, 0.3) is 10.8 Å². The highest BCUT2D eigenvalue weighted by atomic mass is 32.2. The fourth-order valence-electron chi connectivity index (χ4n) is 2.60. The van der Waals surface area contributed by atoms with Crippen LogP contribution in [0, 0.1) is 0 Å². The normalized spacial score (nSPS) is 12.9. The van der Waals surface area contributed by atoms with Gasteiger partial charge in [-0.05, 0) is 47.5 Å². The van der Waals surface area contributed by atoms with E-state index in [9.17, 15) is 8.42 Å². The molecule has 0 saturated carbocycles. The Hall–Kier alpha value is -2.37. The number of hydrogen-bond donors (Lipinski definition) is 1. The van der Waals surface area contributed by atoms with Gasteiger partial charge in [0.2, 0.25) is 10.0 Å². The lowest BCUT2D eigenvalue weighted by Gasteiger charge is -2.15. The van der Waals surface area contributed by atoms with Crippen LogP contribution >= 0.6 is 0 Å². The van der Waals surface area contributed by atoms with Crippen molar-refractivity contribution in [2.24, 2.45) is 0 Å². The minimum atomic E-state index is -3.60. The van der Waals surface area contributed by atoms with Gasteiger partial charge in [0.1, 0.15) is 5.75 Å². The molecule has 124 valence electrons. The molecule has 0 aliphatic heterocycles. The van der Waals surface area contributed by atoms with E-state index in [0.29, 0.717) is 0 Å². The Morgan fingerprint density at radius 3 is 2.25 bits per heavy atom. The van der Waals surface area contributed by atoms with Crippen molar-refractivity contribution in [3.8, 4) is 5.75 Å². The SMILES string of the molecule is COc1ccc([C@@H](C)NS(=O)(=O)c2ccc3ccccc3c2)cc1. The summed E-state index contributed by atoms with van der Waals surface area (Å²) in [5.41, 5.74) is 0.875. The van der Waals surface area contributed by atoms with Gasteiger partial charge in [0, 0.05) is 6.04 Å². The zero-order chi connectivity index (χ0) is 17.2. The van der Waals surface area contributed by atoms with Crippen molar-refractivity contribution in [1.82, 2.24) is 4.72 Å². The van der Waals surface area contributed by atoms with Crippen LogP contribution in [0.5, 0.6) is 5.75 Å². The Morgan fingerprint density at radius 1 is 0.917 bits per heavy atom. The lowest BCUT2D eigenvalue weighted by Crippen LogP contribution is -2.26. The van der Waals surface area contributed by atoms with Gasteiger partial charge < -0.3 is 4.74 Å². The molecule has 5 heteroatoms. The van der Waals surface area contributed by atoms with Crippen LogP contribution in [0.4, 0.5) is 0 Å². The summed E-state index contributed by atoms with van der Waals surface area (Å²) in [5, 5.41) is 1.91. The lowest BCUT2D eigenvalue weighted by atomic mass is 10.1. The van der Waals surface area contributed by atoms with Crippen molar-refractivity contribution in [1.29, 1.82) is 0 Å². The van der Waals surface area contributed by atoms with Crippen molar-refractivity contribution in [3.63, 3.8) is 0 Å². The molecule has 1 N–H and O–H groups in total. The summed E-state index contributed by atoms with van der Waals surface area (Å²) in [6.45, 7) is 1.82. The first-order valence-electron chi connectivity index (χ1n) is 7.65. The highest BCUT2D eigenvalue weighted by molar-refractivity contribution is 7.89. The third-order valence-electron chi connectivity index (χ3n) is 3.98. The van der Waals surface area contributed by atoms with Crippen LogP contribution in [0.1, 0.15) is 18.5 Å². The molecule has 1 atom stereocenters. The molecule has 0 bridgehead atoms. The summed E-state index contributed by atoms with van der Waals surface area (Å²) in [4.78, 5) is 0.265. The van der Waals surface area contributed by atoms with Gasteiger partial charge in [-0.2, -0.15) is 0 Å². The van der Waals surface area contributed by atoms with Gasteiger partial charge in [-0.15, -0.1) is 0 Å². The molecule has 24 heavy (non-hydrogen) atoms. The van der Waals surface area contributed by atoms with Crippen LogP contribution in [0.15, 0.2) is 71.6 Å². The molecule has 0 fully saturated rings. The quantitative estimate of drug-likeness (QED) is 0.766. The molecule has 0 unspecified atom stereocenters. The predicted molar refractivity (Wildman–Crippen MR) is 95.7 cm³/mol. The number of ether oxygens (including phenoxy) is 1. The highest BCUT2D eigenvalue weighted by Gasteiger charge is 2.18. The molecular formula is C19H19NO3S. The van der Waals surface area contributed by atoms with Gasteiger partial charge in [-0.25, -0.2) is 13.1 Å². The smallest absolute Gasteiger partial charge is 0.241 e. The van der Waals surface area contributed by atoms with Crippen LogP contribution in [0.2, 0.25) is 0 Å². The molecule has 0 aromatic heterocycles. The van der Waals surface area contributed by atoms with E-state index in [-0.39, 0.29) is 10.9 Å². The zero-order valence-corrected chi connectivity index (χ0v) is 14.4. The number of rotatable bonds is 5. The minimum Gasteiger partial charge on any atom is -0.497 e. The minimum absolute atomic E-state index is 0.265. The maximum atomic E-state index is 12.6. The summed E-state index contributed by atoms with van der Waals surface area (Å²) >= 11 is 0. The molecule has 3 aromatic rings. The van der Waals surface area contributed by atoms with E-state index in [2.05, 4.69) is 4.72 Å². The fraction of sp³-hybridized carbons (Fsp3) is 0.158. The Labute approximate surface area is 142 Å². The van der Waals surface area contributed by atoms with E-state index in [1.54, 1.807) is 19.2 Å². The first-order valence-corrected chi connectivity index (χ1v) is 9.13. The van der Waals surface area contributed by atoms with Crippen LogP contribution < -0.4 is 9.46 Å². The summed E-state index contributed by atoms with van der Waals surface area (Å²) in [6.07, 6.45) is 0. The average molecular weight is 341 g/mol. The molecule has 0 spiro atoms. The molecule has 0 radical (unpaired) electrons. The second-order valence-corrected chi connectivity index (χ2v) is 7.34. The largest absolute Gasteiger partial charge is 0.497 e. The average Bonchev–Trinajstić information content (AvgIpc) is 2.61. The summed E-state index contributed by atoms with van der Waals surface area (Å²) in [6, 6.07) is 19.8. The molecule has 0 aliphatic rings. The van der Waals surface area contributed by atoms with E-state index in [4.69, 9.17) is 4.74 Å². The van der Waals surface area contributed by atoms with E-state index in [1.165, 1.54) is 0 Å². The summed E-state index contributed by atoms with van der Waals surface area (Å²) in [5.74, 6) is 0.739. The molecular weight excluding hydrogens is 322 g/mol. The van der Waals surface area contributed by atoms with Gasteiger partial charge in [0.15, 0.2) is 0 Å². The van der Waals surface area contributed by atoms with E-state index in [0.717, 1.165) is 22.1 Å². The molecule has 4 nitrogen and oxygen atoms in total. The number of fused-ring (bicyclic) bond motifs is 1. The third kappa shape index (κ3) is 3.42. The number of nitrogens with one attached hydrogen (secondary N) is 1. The summed E-state index contributed by atoms with van der Waals surface area (Å²) < 4.78 is 33.1. The van der Waals surface area contributed by atoms with Gasteiger partial charge in [-0.1, -0.05) is 42.5 Å². The number of sulfonamides is 1. The van der Waals surface area contributed by atoms with Crippen molar-refractivity contribution in [2.45, 2.75) is 17.9 Å². The standard InChI is InChI=1S/C19H19NO3S/c1-14(15-7-10-18(23-2)11-8-15)20-24(21,22)19-12-9-16-5-3-4-6-17(16)13-19/h3-14,20H,1-2H3/t14-/m1/s1. The van der Waals surface area contributed by atoms with Crippen LogP contribution in [-0.2, 0) is 10.0 Å². The fourth-order valence-corrected chi connectivity index (χ4v) is 3.86. The van der Waals surface area contributed by atoms with Gasteiger partial charge in [0.05, 0.1) is 12.0 Å². The second-order valence-electron chi connectivity index (χ2n) is 5.63. The van der Waals surface area contributed by atoms with Gasteiger partial charge in [0.25, 0.3) is 0 Å². The van der Waals surface area contributed by atoms with Gasteiger partial charge >= 0.3 is 0 Å². The number of hydrogen-bond acceptors (Lipinski definition) is 3. The third-order valence-corrected chi connectivity index (χ3v) is 5.52. The molecule has 0 amide bonds. The monoisotopic (exact) mass is 341 g/mol. The van der Waals surface area contributed by atoms with E-state index >= 15 is 0 Å². The first kappa shape index (κ1) is 16.5. The van der Waals surface area contributed by atoms with Crippen molar-refractivity contribution >= 4 is 20.8 Å². The van der Waals surface area contributed by atoms with E-state index < -0.39 is 10.0 Å².